The smallest absolute Gasteiger partial charge is 0.268 e. The molecule has 0 radical (unpaired) electrons. The van der Waals surface area contributed by atoms with Crippen LogP contribution < -0.4 is 23.8 Å². The van der Waals surface area contributed by atoms with Gasteiger partial charge in [-0.3, -0.25) is 9.10 Å². The Labute approximate surface area is 192 Å². The van der Waals surface area contributed by atoms with Crippen molar-refractivity contribution in [3.8, 4) is 17.2 Å². The van der Waals surface area contributed by atoms with Gasteiger partial charge in [-0.2, -0.15) is 0 Å². The zero-order chi connectivity index (χ0) is 23.4. The number of benzene rings is 3. The van der Waals surface area contributed by atoms with E-state index < -0.39 is 22.0 Å². The summed E-state index contributed by atoms with van der Waals surface area (Å²) in [6.07, 6.45) is -1.03. The molecule has 1 aliphatic heterocycles. The third kappa shape index (κ3) is 4.58. The number of amides is 1. The van der Waals surface area contributed by atoms with E-state index in [1.807, 2.05) is 30.3 Å². The van der Waals surface area contributed by atoms with Gasteiger partial charge in [0.1, 0.15) is 22.1 Å². The van der Waals surface area contributed by atoms with E-state index in [4.69, 9.17) is 14.2 Å². The van der Waals surface area contributed by atoms with E-state index in [-0.39, 0.29) is 17.2 Å². The van der Waals surface area contributed by atoms with Crippen LogP contribution in [0.3, 0.4) is 0 Å². The minimum Gasteiger partial charge on any atom is -0.497 e. The van der Waals surface area contributed by atoms with Crippen LogP contribution in [0.5, 0.6) is 17.2 Å². The molecule has 0 fully saturated rings. The lowest BCUT2D eigenvalue weighted by Crippen LogP contribution is -2.50. The largest absolute Gasteiger partial charge is 0.497 e. The second kappa shape index (κ2) is 9.41. The summed E-state index contributed by atoms with van der Waals surface area (Å²) in [5, 5.41) is 2.82. The number of anilines is 1. The number of methoxy groups -OCH3 is 2. The average Bonchev–Trinajstić information content (AvgIpc) is 2.86. The molecule has 8 nitrogen and oxygen atoms in total. The molecule has 172 valence electrons. The maximum Gasteiger partial charge on any atom is 0.268 e. The first-order valence-corrected chi connectivity index (χ1v) is 11.7. The first-order valence-electron chi connectivity index (χ1n) is 10.3. The predicted molar refractivity (Wildman–Crippen MR) is 123 cm³/mol. The van der Waals surface area contributed by atoms with Gasteiger partial charge in [0.15, 0.2) is 6.10 Å². The SMILES string of the molecule is COc1ccc(OC)c(S(=O)(=O)N2CC(C(=O)NCc3ccccc3)Oc3ccccc32)c1. The van der Waals surface area contributed by atoms with Gasteiger partial charge in [-0.1, -0.05) is 42.5 Å². The standard InChI is InChI=1S/C24H24N2O6S/c1-30-18-12-13-21(31-2)23(14-18)33(28,29)26-16-22(32-20-11-7-6-10-19(20)26)24(27)25-15-17-8-4-3-5-9-17/h3-14,22H,15-16H2,1-2H3,(H,25,27). The second-order valence-corrected chi connectivity index (χ2v) is 9.16. The Morgan fingerprint density at radius 3 is 2.48 bits per heavy atom. The molecule has 0 saturated heterocycles. The van der Waals surface area contributed by atoms with E-state index in [1.165, 1.54) is 30.7 Å². The number of hydrogen-bond donors (Lipinski definition) is 1. The maximum atomic E-state index is 13.7. The molecule has 0 aliphatic carbocycles. The van der Waals surface area contributed by atoms with Gasteiger partial charge in [-0.05, 0) is 29.8 Å². The Hall–Kier alpha value is -3.72. The summed E-state index contributed by atoms with van der Waals surface area (Å²) in [6.45, 7) is 0.109. The monoisotopic (exact) mass is 468 g/mol. The summed E-state index contributed by atoms with van der Waals surface area (Å²) < 4.78 is 45.1. The van der Waals surface area contributed by atoms with Crippen molar-refractivity contribution in [3.05, 3.63) is 78.4 Å². The summed E-state index contributed by atoms with van der Waals surface area (Å²) in [4.78, 5) is 12.8. The van der Waals surface area contributed by atoms with Crippen molar-refractivity contribution in [2.24, 2.45) is 0 Å². The molecule has 3 aromatic rings. The van der Waals surface area contributed by atoms with Crippen molar-refractivity contribution in [1.82, 2.24) is 5.32 Å². The molecule has 1 amide bonds. The van der Waals surface area contributed by atoms with E-state index >= 15 is 0 Å². The number of carbonyl (C=O) groups is 1. The Morgan fingerprint density at radius 1 is 1.03 bits per heavy atom. The maximum absolute atomic E-state index is 13.7. The minimum atomic E-state index is -4.12. The van der Waals surface area contributed by atoms with Crippen LogP contribution in [-0.2, 0) is 21.4 Å². The predicted octanol–water partition coefficient (Wildman–Crippen LogP) is 2.98. The van der Waals surface area contributed by atoms with Gasteiger partial charge in [0.2, 0.25) is 0 Å². The zero-order valence-electron chi connectivity index (χ0n) is 18.2. The summed E-state index contributed by atoms with van der Waals surface area (Å²) >= 11 is 0. The summed E-state index contributed by atoms with van der Waals surface area (Å²) in [5.41, 5.74) is 1.27. The lowest BCUT2D eigenvalue weighted by atomic mass is 10.2. The molecule has 0 saturated carbocycles. The summed E-state index contributed by atoms with van der Waals surface area (Å²) in [6, 6.07) is 20.7. The van der Waals surface area contributed by atoms with Crippen molar-refractivity contribution < 1.29 is 27.4 Å². The molecule has 1 N–H and O–H groups in total. The van der Waals surface area contributed by atoms with Crippen molar-refractivity contribution in [3.63, 3.8) is 0 Å². The number of nitrogens with one attached hydrogen (secondary N) is 1. The van der Waals surface area contributed by atoms with Crippen LogP contribution in [0.2, 0.25) is 0 Å². The first-order chi connectivity index (χ1) is 15.9. The van der Waals surface area contributed by atoms with Crippen molar-refractivity contribution >= 4 is 21.6 Å². The Balaban J connectivity index is 1.67. The molecular formula is C24H24N2O6S. The molecule has 0 aromatic heterocycles. The molecule has 0 spiro atoms. The number of hydrogen-bond acceptors (Lipinski definition) is 6. The first kappa shape index (κ1) is 22.5. The number of fused-ring (bicyclic) bond motifs is 1. The van der Waals surface area contributed by atoms with E-state index in [9.17, 15) is 13.2 Å². The number of carbonyl (C=O) groups excluding carboxylic acids is 1. The highest BCUT2D eigenvalue weighted by atomic mass is 32.2. The van der Waals surface area contributed by atoms with Gasteiger partial charge in [-0.25, -0.2) is 8.42 Å². The van der Waals surface area contributed by atoms with Gasteiger partial charge in [0, 0.05) is 12.6 Å². The zero-order valence-corrected chi connectivity index (χ0v) is 19.0. The summed E-state index contributed by atoms with van der Waals surface area (Å²) in [5.74, 6) is 0.429. The van der Waals surface area contributed by atoms with Crippen LogP contribution in [0.4, 0.5) is 5.69 Å². The van der Waals surface area contributed by atoms with E-state index in [0.29, 0.717) is 23.7 Å². The van der Waals surface area contributed by atoms with Crippen LogP contribution in [0, 0.1) is 0 Å². The number of nitrogens with zero attached hydrogens (tertiary/aromatic N) is 1. The van der Waals surface area contributed by atoms with Crippen molar-refractivity contribution in [2.45, 2.75) is 17.5 Å². The van der Waals surface area contributed by atoms with Gasteiger partial charge in [0.25, 0.3) is 15.9 Å². The fraction of sp³-hybridized carbons (Fsp3) is 0.208. The van der Waals surface area contributed by atoms with Gasteiger partial charge in [-0.15, -0.1) is 0 Å². The highest BCUT2D eigenvalue weighted by Crippen LogP contribution is 2.39. The van der Waals surface area contributed by atoms with Crippen molar-refractivity contribution in [2.75, 3.05) is 25.1 Å². The summed E-state index contributed by atoms with van der Waals surface area (Å²) in [7, 11) is -1.27. The third-order valence-electron chi connectivity index (χ3n) is 5.28. The number of para-hydroxylation sites is 2. The lowest BCUT2D eigenvalue weighted by Gasteiger charge is -2.35. The average molecular weight is 469 g/mol. The Bertz CT molecular complexity index is 1250. The fourth-order valence-electron chi connectivity index (χ4n) is 3.57. The minimum absolute atomic E-state index is 0.0653. The van der Waals surface area contributed by atoms with Gasteiger partial charge >= 0.3 is 0 Å². The van der Waals surface area contributed by atoms with Crippen LogP contribution in [0.25, 0.3) is 0 Å². The van der Waals surface area contributed by atoms with Gasteiger partial charge in [0.05, 0.1) is 26.5 Å². The lowest BCUT2D eigenvalue weighted by molar-refractivity contribution is -0.127. The van der Waals surface area contributed by atoms with E-state index in [0.717, 1.165) is 5.56 Å². The number of sulfonamides is 1. The fourth-order valence-corrected chi connectivity index (χ4v) is 5.22. The quantitative estimate of drug-likeness (QED) is 0.573. The third-order valence-corrected chi connectivity index (χ3v) is 7.08. The van der Waals surface area contributed by atoms with E-state index in [2.05, 4.69) is 5.32 Å². The molecule has 3 aromatic carbocycles. The Morgan fingerprint density at radius 2 is 1.76 bits per heavy atom. The molecule has 9 heteroatoms. The highest BCUT2D eigenvalue weighted by Gasteiger charge is 2.38. The molecule has 4 rings (SSSR count). The highest BCUT2D eigenvalue weighted by molar-refractivity contribution is 7.93. The molecule has 0 bridgehead atoms. The van der Waals surface area contributed by atoms with Gasteiger partial charge < -0.3 is 19.5 Å². The molecular weight excluding hydrogens is 444 g/mol. The van der Waals surface area contributed by atoms with Crippen LogP contribution in [0.1, 0.15) is 5.56 Å². The van der Waals surface area contributed by atoms with Crippen LogP contribution in [0.15, 0.2) is 77.7 Å². The van der Waals surface area contributed by atoms with Crippen molar-refractivity contribution in [1.29, 1.82) is 0 Å². The molecule has 1 atom stereocenters. The molecule has 1 heterocycles. The molecule has 1 unspecified atom stereocenters. The number of ether oxygens (including phenoxy) is 3. The van der Waals surface area contributed by atoms with Crippen LogP contribution >= 0.6 is 0 Å². The topological polar surface area (TPSA) is 94.2 Å². The van der Waals surface area contributed by atoms with Crippen LogP contribution in [-0.4, -0.2) is 41.2 Å². The second-order valence-electron chi connectivity index (χ2n) is 7.33. The Kier molecular flexibility index (Phi) is 6.41. The molecule has 1 aliphatic rings. The normalized spacial score (nSPS) is 15.2. The van der Waals surface area contributed by atoms with E-state index in [1.54, 1.807) is 30.3 Å². The number of rotatable bonds is 7. The molecule has 33 heavy (non-hydrogen) atoms.